The van der Waals surface area contributed by atoms with E-state index in [-0.39, 0.29) is 0 Å². The van der Waals surface area contributed by atoms with Gasteiger partial charge in [-0.25, -0.2) is 0 Å². The molecule has 1 saturated heterocycles. The maximum atomic E-state index is 5.86. The van der Waals surface area contributed by atoms with Crippen LogP contribution in [0.4, 0.5) is 0 Å². The first kappa shape index (κ1) is 15.1. The highest BCUT2D eigenvalue weighted by atomic mass is 28.4. The summed E-state index contributed by atoms with van der Waals surface area (Å²) in [5.74, 6) is 0. The average Bonchev–Trinajstić information content (AvgIpc) is 2.29. The molecule has 0 amide bonds. The van der Waals surface area contributed by atoms with E-state index in [0.29, 0.717) is 0 Å². The van der Waals surface area contributed by atoms with Crippen LogP contribution < -0.4 is 0 Å². The molecule has 0 N–H and O–H groups in total. The van der Waals surface area contributed by atoms with Crippen molar-refractivity contribution in [1.82, 2.24) is 9.80 Å². The molecule has 1 fully saturated rings. The molecule has 4 nitrogen and oxygen atoms in total. The van der Waals surface area contributed by atoms with Gasteiger partial charge in [-0.1, -0.05) is 0 Å². The van der Waals surface area contributed by atoms with Crippen molar-refractivity contribution >= 4 is 8.56 Å². The molecule has 0 aliphatic carbocycles. The predicted octanol–water partition coefficient (Wildman–Crippen LogP) is 1.38. The maximum Gasteiger partial charge on any atom is 0.336 e. The summed E-state index contributed by atoms with van der Waals surface area (Å²) in [6, 6.07) is 1.08. The van der Waals surface area contributed by atoms with Crippen LogP contribution in [0.3, 0.4) is 0 Å². The molecule has 1 aliphatic heterocycles. The minimum absolute atomic E-state index is 0.769. The molecule has 102 valence electrons. The molecule has 0 atom stereocenters. The number of rotatable bonds is 7. The van der Waals surface area contributed by atoms with E-state index < -0.39 is 8.56 Å². The van der Waals surface area contributed by atoms with Crippen LogP contribution in [0.25, 0.3) is 0 Å². The Morgan fingerprint density at radius 2 is 1.53 bits per heavy atom. The first-order valence-corrected chi connectivity index (χ1v) is 9.31. The quantitative estimate of drug-likeness (QED) is 0.646. The van der Waals surface area contributed by atoms with Crippen molar-refractivity contribution < 1.29 is 8.85 Å². The summed E-state index contributed by atoms with van der Waals surface area (Å²) in [5.41, 5.74) is 0. The summed E-state index contributed by atoms with van der Waals surface area (Å²) in [7, 11) is 0.285. The first-order valence-electron chi connectivity index (χ1n) is 6.78. The fraction of sp³-hybridized carbons (Fsp3) is 1.00. The molecule has 0 aromatic heterocycles. The molecular formula is C12H28N2O2Si. The van der Waals surface area contributed by atoms with Crippen molar-refractivity contribution in [2.75, 3.05) is 53.0 Å². The highest BCUT2D eigenvalue weighted by Gasteiger charge is 2.31. The molecule has 1 heterocycles. The molecule has 0 bridgehead atoms. The maximum absolute atomic E-state index is 5.86. The molecule has 0 radical (unpaired) electrons. The summed E-state index contributed by atoms with van der Waals surface area (Å²) in [6.45, 7) is 13.7. The predicted molar refractivity (Wildman–Crippen MR) is 73.6 cm³/mol. The van der Waals surface area contributed by atoms with E-state index in [2.05, 4.69) is 37.2 Å². The Morgan fingerprint density at radius 1 is 1.00 bits per heavy atom. The van der Waals surface area contributed by atoms with E-state index in [1.54, 1.807) is 0 Å². The van der Waals surface area contributed by atoms with Gasteiger partial charge in [0.2, 0.25) is 0 Å². The van der Waals surface area contributed by atoms with Crippen LogP contribution in [0, 0.1) is 0 Å². The highest BCUT2D eigenvalue weighted by molar-refractivity contribution is 6.66. The van der Waals surface area contributed by atoms with E-state index in [1.807, 2.05) is 0 Å². The van der Waals surface area contributed by atoms with Crippen molar-refractivity contribution in [2.24, 2.45) is 0 Å². The van der Waals surface area contributed by atoms with Gasteiger partial charge >= 0.3 is 8.56 Å². The third-order valence-electron chi connectivity index (χ3n) is 3.38. The van der Waals surface area contributed by atoms with Crippen LogP contribution in [-0.2, 0) is 8.85 Å². The lowest BCUT2D eigenvalue weighted by atomic mass is 10.3. The number of likely N-dealkylation sites (N-methyl/N-ethyl adjacent to an activating group) is 1. The topological polar surface area (TPSA) is 24.9 Å². The molecule has 1 aliphatic rings. The van der Waals surface area contributed by atoms with Crippen LogP contribution in [0.2, 0.25) is 12.6 Å². The van der Waals surface area contributed by atoms with Gasteiger partial charge in [-0.3, -0.25) is 0 Å². The van der Waals surface area contributed by atoms with E-state index in [0.717, 1.165) is 25.8 Å². The zero-order valence-electron chi connectivity index (χ0n) is 11.9. The van der Waals surface area contributed by atoms with Crippen molar-refractivity contribution in [1.29, 1.82) is 0 Å². The van der Waals surface area contributed by atoms with Crippen LogP contribution in [-0.4, -0.2) is 71.3 Å². The number of nitrogens with zero attached hydrogens (tertiary/aromatic N) is 2. The Bertz CT molecular complexity index is 203. The normalized spacial score (nSPS) is 19.8. The summed E-state index contributed by atoms with van der Waals surface area (Å²) in [4.78, 5) is 4.92. The highest BCUT2D eigenvalue weighted by Crippen LogP contribution is 2.15. The lowest BCUT2D eigenvalue weighted by Crippen LogP contribution is -2.48. The second-order valence-electron chi connectivity index (χ2n) is 4.89. The number of hydrogen-bond acceptors (Lipinski definition) is 4. The van der Waals surface area contributed by atoms with Crippen molar-refractivity contribution in [3.8, 4) is 0 Å². The van der Waals surface area contributed by atoms with Crippen LogP contribution in [0.1, 0.15) is 13.8 Å². The zero-order valence-corrected chi connectivity index (χ0v) is 12.9. The Hall–Kier alpha value is 0.0569. The molecule has 17 heavy (non-hydrogen) atoms. The Morgan fingerprint density at radius 3 is 2.00 bits per heavy atom. The molecule has 0 saturated carbocycles. The van der Waals surface area contributed by atoms with Gasteiger partial charge in [0.15, 0.2) is 0 Å². The van der Waals surface area contributed by atoms with E-state index in [1.165, 1.54) is 26.2 Å². The summed E-state index contributed by atoms with van der Waals surface area (Å²) >= 11 is 0. The Labute approximate surface area is 107 Å². The molecule has 5 heteroatoms. The summed E-state index contributed by atoms with van der Waals surface area (Å²) in [5, 5.41) is 0. The fourth-order valence-corrected chi connectivity index (χ4v) is 4.55. The minimum Gasteiger partial charge on any atom is -0.395 e. The average molecular weight is 260 g/mol. The molecule has 0 aromatic rings. The van der Waals surface area contributed by atoms with Gasteiger partial charge in [0.05, 0.1) is 0 Å². The van der Waals surface area contributed by atoms with Gasteiger partial charge in [0, 0.05) is 52.0 Å². The van der Waals surface area contributed by atoms with Crippen LogP contribution in [0.5, 0.6) is 0 Å². The fourth-order valence-electron chi connectivity index (χ4n) is 2.23. The third-order valence-corrected chi connectivity index (χ3v) is 6.31. The van der Waals surface area contributed by atoms with E-state index in [4.69, 9.17) is 8.85 Å². The van der Waals surface area contributed by atoms with Crippen molar-refractivity contribution in [3.05, 3.63) is 0 Å². The lowest BCUT2D eigenvalue weighted by molar-refractivity contribution is 0.147. The Kier molecular flexibility index (Phi) is 6.65. The van der Waals surface area contributed by atoms with E-state index >= 15 is 0 Å². The summed E-state index contributed by atoms with van der Waals surface area (Å²) in [6.07, 6.45) is 0. The van der Waals surface area contributed by atoms with Crippen LogP contribution >= 0.6 is 0 Å². The lowest BCUT2D eigenvalue weighted by Gasteiger charge is -2.34. The molecular weight excluding hydrogens is 232 g/mol. The van der Waals surface area contributed by atoms with Crippen molar-refractivity contribution in [3.63, 3.8) is 0 Å². The standard InChI is InChI=1S/C12H28N2O2Si/c1-5-15-17(4,16-6-2)12-11-14-9-7-13(3)8-10-14/h5-12H2,1-4H3. The van der Waals surface area contributed by atoms with Gasteiger partial charge in [0.25, 0.3) is 0 Å². The van der Waals surface area contributed by atoms with Crippen LogP contribution in [0.15, 0.2) is 0 Å². The first-order chi connectivity index (χ1) is 8.09. The second-order valence-corrected chi connectivity index (χ2v) is 8.24. The van der Waals surface area contributed by atoms with Gasteiger partial charge in [-0.05, 0) is 27.4 Å². The van der Waals surface area contributed by atoms with Gasteiger partial charge in [0.1, 0.15) is 0 Å². The number of hydrogen-bond donors (Lipinski definition) is 0. The molecule has 0 unspecified atom stereocenters. The largest absolute Gasteiger partial charge is 0.395 e. The monoisotopic (exact) mass is 260 g/mol. The van der Waals surface area contributed by atoms with Gasteiger partial charge < -0.3 is 18.7 Å². The second kappa shape index (κ2) is 7.48. The Balaban J connectivity index is 2.30. The van der Waals surface area contributed by atoms with Gasteiger partial charge in [-0.2, -0.15) is 0 Å². The molecule has 0 aromatic carbocycles. The summed E-state index contributed by atoms with van der Waals surface area (Å²) < 4.78 is 11.7. The minimum atomic E-state index is -1.91. The zero-order chi connectivity index (χ0) is 12.7. The third kappa shape index (κ3) is 5.48. The van der Waals surface area contributed by atoms with Gasteiger partial charge in [-0.15, -0.1) is 0 Å². The number of piperazine rings is 1. The van der Waals surface area contributed by atoms with E-state index in [9.17, 15) is 0 Å². The molecule has 1 rings (SSSR count). The van der Waals surface area contributed by atoms with Crippen molar-refractivity contribution in [2.45, 2.75) is 26.4 Å². The molecule has 0 spiro atoms. The SMILES string of the molecule is CCO[Si](C)(CCN1CCN(C)CC1)OCC. The smallest absolute Gasteiger partial charge is 0.336 e.